The first-order valence-corrected chi connectivity index (χ1v) is 5.79. The van der Waals surface area contributed by atoms with Crippen molar-refractivity contribution in [2.45, 2.75) is 6.10 Å². The van der Waals surface area contributed by atoms with E-state index in [1.165, 1.54) is 0 Å². The maximum Gasteiger partial charge on any atom is 0.346 e. The molecule has 3 rings (SSSR count). The van der Waals surface area contributed by atoms with E-state index in [4.69, 9.17) is 9.84 Å². The van der Waals surface area contributed by atoms with Crippen molar-refractivity contribution in [3.8, 4) is 5.75 Å². The third-order valence-corrected chi connectivity index (χ3v) is 2.84. The highest BCUT2D eigenvalue weighted by atomic mass is 16.5. The van der Waals surface area contributed by atoms with Crippen molar-refractivity contribution in [3.63, 3.8) is 0 Å². The first-order valence-electron chi connectivity index (χ1n) is 5.79. The van der Waals surface area contributed by atoms with Crippen LogP contribution in [0.5, 0.6) is 5.75 Å². The summed E-state index contributed by atoms with van der Waals surface area (Å²) in [6.07, 6.45) is 2.31. The highest BCUT2D eigenvalue weighted by Gasteiger charge is 2.32. The summed E-state index contributed by atoms with van der Waals surface area (Å²) in [7, 11) is 0. The number of rotatable bonds is 2. The van der Waals surface area contributed by atoms with Crippen LogP contribution in [-0.4, -0.2) is 33.7 Å². The molecule has 1 aliphatic rings. The Morgan fingerprint density at radius 1 is 1.26 bits per heavy atom. The predicted octanol–water partition coefficient (Wildman–Crippen LogP) is 1.46. The normalized spacial score (nSPS) is 17.5. The molecule has 0 amide bonds. The van der Waals surface area contributed by atoms with Gasteiger partial charge in [0.05, 0.1) is 12.2 Å². The number of carbonyl (C=O) groups is 1. The molecule has 0 saturated carbocycles. The van der Waals surface area contributed by atoms with Gasteiger partial charge in [-0.15, -0.1) is 0 Å². The van der Waals surface area contributed by atoms with Crippen molar-refractivity contribution in [1.29, 1.82) is 0 Å². The highest BCUT2D eigenvalue weighted by molar-refractivity contribution is 5.78. The molecule has 0 spiro atoms. The number of benzene rings is 1. The van der Waals surface area contributed by atoms with E-state index >= 15 is 0 Å². The first-order chi connectivity index (χ1) is 9.25. The summed E-state index contributed by atoms with van der Waals surface area (Å²) < 4.78 is 5.45. The van der Waals surface area contributed by atoms with Crippen molar-refractivity contribution in [2.75, 3.05) is 11.4 Å². The van der Waals surface area contributed by atoms with Gasteiger partial charge in [0.2, 0.25) is 12.1 Å². The molecule has 2 heterocycles. The van der Waals surface area contributed by atoms with Crippen LogP contribution in [0.3, 0.4) is 0 Å². The van der Waals surface area contributed by atoms with E-state index < -0.39 is 12.1 Å². The van der Waals surface area contributed by atoms with Crippen LogP contribution in [0.2, 0.25) is 0 Å². The fourth-order valence-electron chi connectivity index (χ4n) is 1.98. The largest absolute Gasteiger partial charge is 0.478 e. The second-order valence-electron chi connectivity index (χ2n) is 4.07. The van der Waals surface area contributed by atoms with Crippen molar-refractivity contribution < 1.29 is 14.6 Å². The Morgan fingerprint density at radius 3 is 2.74 bits per heavy atom. The Morgan fingerprint density at radius 2 is 2.00 bits per heavy atom. The quantitative estimate of drug-likeness (QED) is 0.877. The molecule has 0 bridgehead atoms. The van der Waals surface area contributed by atoms with Crippen LogP contribution < -0.4 is 9.64 Å². The molecule has 1 aromatic heterocycles. The van der Waals surface area contributed by atoms with E-state index in [1.54, 1.807) is 35.5 Å². The van der Waals surface area contributed by atoms with Gasteiger partial charge >= 0.3 is 5.97 Å². The Kier molecular flexibility index (Phi) is 2.75. The number of carboxylic acids is 1. The molecule has 6 heteroatoms. The smallest absolute Gasteiger partial charge is 0.346 e. The molecule has 1 N–H and O–H groups in total. The molecule has 1 aromatic carbocycles. The molecule has 19 heavy (non-hydrogen) atoms. The predicted molar refractivity (Wildman–Crippen MR) is 67.5 cm³/mol. The van der Waals surface area contributed by atoms with Gasteiger partial charge in [-0.1, -0.05) is 12.1 Å². The van der Waals surface area contributed by atoms with Crippen molar-refractivity contribution in [3.05, 3.63) is 42.7 Å². The summed E-state index contributed by atoms with van der Waals surface area (Å²) in [5.74, 6) is -0.0199. The number of hydrogen-bond donors (Lipinski definition) is 1. The number of hydrogen-bond acceptors (Lipinski definition) is 5. The summed E-state index contributed by atoms with van der Waals surface area (Å²) in [6, 6.07) is 8.96. The number of aliphatic carboxylic acids is 1. The number of ether oxygens (including phenoxy) is 1. The van der Waals surface area contributed by atoms with Crippen LogP contribution in [-0.2, 0) is 4.79 Å². The van der Waals surface area contributed by atoms with Crippen molar-refractivity contribution >= 4 is 17.6 Å². The summed E-state index contributed by atoms with van der Waals surface area (Å²) in [4.78, 5) is 21.2. The first kappa shape index (κ1) is 11.5. The van der Waals surface area contributed by atoms with Gasteiger partial charge in [-0.25, -0.2) is 14.8 Å². The number of anilines is 2. The average molecular weight is 257 g/mol. The number of para-hydroxylation sites is 2. The molecule has 96 valence electrons. The molecule has 1 unspecified atom stereocenters. The molecule has 1 atom stereocenters. The summed E-state index contributed by atoms with van der Waals surface area (Å²) >= 11 is 0. The van der Waals surface area contributed by atoms with Gasteiger partial charge in [0.15, 0.2) is 0 Å². The van der Waals surface area contributed by atoms with Gasteiger partial charge in [0.25, 0.3) is 0 Å². The zero-order valence-electron chi connectivity index (χ0n) is 9.93. The molecule has 0 fully saturated rings. The zero-order valence-corrected chi connectivity index (χ0v) is 9.93. The van der Waals surface area contributed by atoms with Gasteiger partial charge in [0, 0.05) is 12.4 Å². The maximum atomic E-state index is 11.1. The summed E-state index contributed by atoms with van der Waals surface area (Å²) in [5.41, 5.74) is 0.770. The van der Waals surface area contributed by atoms with E-state index in [0.717, 1.165) is 5.69 Å². The average Bonchev–Trinajstić information content (AvgIpc) is 2.47. The van der Waals surface area contributed by atoms with Crippen LogP contribution in [0.4, 0.5) is 11.6 Å². The topological polar surface area (TPSA) is 75.5 Å². The second-order valence-corrected chi connectivity index (χ2v) is 4.07. The fourth-order valence-corrected chi connectivity index (χ4v) is 1.98. The van der Waals surface area contributed by atoms with Crippen LogP contribution >= 0.6 is 0 Å². The Hall–Kier alpha value is -2.63. The Bertz CT molecular complexity index is 603. The van der Waals surface area contributed by atoms with Crippen LogP contribution in [0.25, 0.3) is 0 Å². The Balaban J connectivity index is 2.06. The van der Waals surface area contributed by atoms with Crippen molar-refractivity contribution in [2.24, 2.45) is 0 Å². The lowest BCUT2D eigenvalue weighted by Gasteiger charge is -2.32. The minimum absolute atomic E-state index is 0.177. The zero-order chi connectivity index (χ0) is 13.2. The summed E-state index contributed by atoms with van der Waals surface area (Å²) in [5, 5.41) is 9.14. The number of carboxylic acid groups (broad SMARTS) is 1. The van der Waals surface area contributed by atoms with Crippen LogP contribution in [0.1, 0.15) is 0 Å². The van der Waals surface area contributed by atoms with E-state index in [2.05, 4.69) is 9.97 Å². The van der Waals surface area contributed by atoms with Gasteiger partial charge < -0.3 is 14.7 Å². The lowest BCUT2D eigenvalue weighted by molar-refractivity contribution is -0.144. The molecule has 0 aliphatic carbocycles. The minimum Gasteiger partial charge on any atom is -0.478 e. The third kappa shape index (κ3) is 2.08. The molecule has 2 aromatic rings. The second kappa shape index (κ2) is 4.56. The lowest BCUT2D eigenvalue weighted by Crippen LogP contribution is -2.42. The van der Waals surface area contributed by atoms with Gasteiger partial charge in [-0.3, -0.25) is 0 Å². The van der Waals surface area contributed by atoms with Crippen LogP contribution in [0, 0.1) is 0 Å². The highest BCUT2D eigenvalue weighted by Crippen LogP contribution is 2.36. The van der Waals surface area contributed by atoms with E-state index in [9.17, 15) is 4.79 Å². The van der Waals surface area contributed by atoms with Gasteiger partial charge in [-0.2, -0.15) is 0 Å². The van der Waals surface area contributed by atoms with Gasteiger partial charge in [-0.05, 0) is 18.2 Å². The molecular formula is C13H11N3O3. The maximum absolute atomic E-state index is 11.1. The molecule has 1 aliphatic heterocycles. The van der Waals surface area contributed by atoms with E-state index in [-0.39, 0.29) is 6.54 Å². The van der Waals surface area contributed by atoms with Crippen LogP contribution in [0.15, 0.2) is 42.7 Å². The molecule has 6 nitrogen and oxygen atoms in total. The van der Waals surface area contributed by atoms with Gasteiger partial charge in [0.1, 0.15) is 5.75 Å². The summed E-state index contributed by atoms with van der Waals surface area (Å²) in [6.45, 7) is 0.177. The minimum atomic E-state index is -1.00. The lowest BCUT2D eigenvalue weighted by atomic mass is 10.2. The number of aromatic nitrogens is 2. The third-order valence-electron chi connectivity index (χ3n) is 2.84. The van der Waals surface area contributed by atoms with Crippen molar-refractivity contribution in [1.82, 2.24) is 9.97 Å². The number of nitrogens with zero attached hydrogens (tertiary/aromatic N) is 3. The SMILES string of the molecule is O=C(O)C1CN(c2ncccn2)c2ccccc2O1. The molecule has 0 radical (unpaired) electrons. The number of fused-ring (bicyclic) bond motifs is 1. The monoisotopic (exact) mass is 257 g/mol. The fraction of sp³-hybridized carbons (Fsp3) is 0.154. The molecule has 0 saturated heterocycles. The standard InChI is InChI=1S/C13H11N3O3/c17-12(18)11-8-16(13-14-6-3-7-15-13)9-4-1-2-5-10(9)19-11/h1-7,11H,8H2,(H,17,18). The molecular weight excluding hydrogens is 246 g/mol. The van der Waals surface area contributed by atoms with E-state index in [1.807, 2.05) is 12.1 Å². The Labute approximate surface area is 109 Å². The van der Waals surface area contributed by atoms with E-state index in [0.29, 0.717) is 11.7 Å².